The summed E-state index contributed by atoms with van der Waals surface area (Å²) in [5.41, 5.74) is 2.88. The highest BCUT2D eigenvalue weighted by Crippen LogP contribution is 2.23. The Morgan fingerprint density at radius 3 is 2.94 bits per heavy atom. The van der Waals surface area contributed by atoms with Gasteiger partial charge in [0.25, 0.3) is 5.91 Å². The molecule has 0 spiro atoms. The molecular weight excluding hydrogens is 200 g/mol. The first kappa shape index (κ1) is 11.0. The minimum atomic E-state index is 0.113. The van der Waals surface area contributed by atoms with Crippen molar-refractivity contribution >= 4 is 11.6 Å². The Bertz CT molecular complexity index is 414. The number of nitrogens with zero attached hydrogens (tertiary/aromatic N) is 1. The number of aryl methyl sites for hydroxylation is 1. The minimum Gasteiger partial charge on any atom is -0.380 e. The van der Waals surface area contributed by atoms with Gasteiger partial charge in [0.15, 0.2) is 0 Å². The van der Waals surface area contributed by atoms with Crippen LogP contribution < -0.4 is 5.32 Å². The molecule has 1 aromatic rings. The van der Waals surface area contributed by atoms with Crippen molar-refractivity contribution in [3.05, 3.63) is 29.3 Å². The fourth-order valence-electron chi connectivity index (χ4n) is 2.08. The second-order valence-corrected chi connectivity index (χ2v) is 4.48. The van der Waals surface area contributed by atoms with Gasteiger partial charge < -0.3 is 10.2 Å². The van der Waals surface area contributed by atoms with Crippen LogP contribution in [0.4, 0.5) is 5.69 Å². The van der Waals surface area contributed by atoms with Gasteiger partial charge in [-0.3, -0.25) is 4.79 Å². The van der Waals surface area contributed by atoms with Gasteiger partial charge >= 0.3 is 0 Å². The van der Waals surface area contributed by atoms with E-state index >= 15 is 0 Å². The van der Waals surface area contributed by atoms with Crippen molar-refractivity contribution in [2.24, 2.45) is 0 Å². The van der Waals surface area contributed by atoms with Gasteiger partial charge in [0.05, 0.1) is 5.56 Å². The second-order valence-electron chi connectivity index (χ2n) is 4.48. The summed E-state index contributed by atoms with van der Waals surface area (Å²) in [6.07, 6.45) is 1.02. The van der Waals surface area contributed by atoms with Gasteiger partial charge in [-0.2, -0.15) is 0 Å². The van der Waals surface area contributed by atoms with Gasteiger partial charge in [-0.1, -0.05) is 18.6 Å². The van der Waals surface area contributed by atoms with E-state index in [4.69, 9.17) is 0 Å². The number of likely N-dealkylation sites (N-methyl/N-ethyl adjacent to an activating group) is 1. The van der Waals surface area contributed by atoms with Crippen LogP contribution >= 0.6 is 0 Å². The van der Waals surface area contributed by atoms with Crippen molar-refractivity contribution in [3.8, 4) is 0 Å². The van der Waals surface area contributed by atoms with Gasteiger partial charge in [0, 0.05) is 25.3 Å². The Morgan fingerprint density at radius 1 is 1.50 bits per heavy atom. The largest absolute Gasteiger partial charge is 0.380 e. The van der Waals surface area contributed by atoms with Crippen LogP contribution in [0.25, 0.3) is 0 Å². The molecule has 1 aliphatic heterocycles. The highest BCUT2D eigenvalue weighted by molar-refractivity contribution is 6.00. The number of amides is 1. The molecule has 1 aromatic carbocycles. The number of hydrogen-bond acceptors (Lipinski definition) is 2. The zero-order valence-electron chi connectivity index (χ0n) is 10.1. The summed E-state index contributed by atoms with van der Waals surface area (Å²) in [6, 6.07) is 6.35. The highest BCUT2D eigenvalue weighted by Gasteiger charge is 2.23. The fourth-order valence-corrected chi connectivity index (χ4v) is 2.08. The molecule has 2 rings (SSSR count). The summed E-state index contributed by atoms with van der Waals surface area (Å²) < 4.78 is 0. The highest BCUT2D eigenvalue weighted by atomic mass is 16.2. The summed E-state index contributed by atoms with van der Waals surface area (Å²) in [6.45, 7) is 4.91. The molecule has 1 heterocycles. The molecule has 0 saturated carbocycles. The average molecular weight is 218 g/mol. The van der Waals surface area contributed by atoms with Crippen LogP contribution in [-0.2, 0) is 0 Å². The predicted octanol–water partition coefficient (Wildman–Crippen LogP) is 2.27. The topological polar surface area (TPSA) is 32.3 Å². The van der Waals surface area contributed by atoms with E-state index in [0.717, 1.165) is 29.8 Å². The zero-order chi connectivity index (χ0) is 11.7. The molecule has 1 unspecified atom stereocenters. The van der Waals surface area contributed by atoms with E-state index in [2.05, 4.69) is 12.2 Å². The minimum absolute atomic E-state index is 0.113. The maximum absolute atomic E-state index is 12.1. The first-order valence-corrected chi connectivity index (χ1v) is 5.74. The molecule has 86 valence electrons. The molecule has 0 aromatic heterocycles. The summed E-state index contributed by atoms with van der Waals surface area (Å²) in [4.78, 5) is 13.9. The first-order chi connectivity index (χ1) is 7.61. The maximum Gasteiger partial charge on any atom is 0.255 e. The Hall–Kier alpha value is -1.51. The van der Waals surface area contributed by atoms with E-state index in [1.807, 2.05) is 32.2 Å². The molecule has 0 bridgehead atoms. The first-order valence-electron chi connectivity index (χ1n) is 5.74. The third kappa shape index (κ3) is 1.90. The van der Waals surface area contributed by atoms with E-state index in [0.29, 0.717) is 6.04 Å². The van der Waals surface area contributed by atoms with Crippen molar-refractivity contribution in [1.29, 1.82) is 0 Å². The van der Waals surface area contributed by atoms with Crippen LogP contribution in [0.15, 0.2) is 18.2 Å². The lowest BCUT2D eigenvalue weighted by molar-refractivity contribution is 0.0795. The van der Waals surface area contributed by atoms with Crippen LogP contribution in [0.1, 0.15) is 29.3 Å². The number of carbonyl (C=O) groups is 1. The maximum atomic E-state index is 12.1. The fraction of sp³-hybridized carbons (Fsp3) is 0.462. The summed E-state index contributed by atoms with van der Waals surface area (Å²) >= 11 is 0. The zero-order valence-corrected chi connectivity index (χ0v) is 10.1. The molecule has 1 amide bonds. The lowest BCUT2D eigenvalue weighted by Gasteiger charge is -2.19. The number of carbonyl (C=O) groups excluding carboxylic acids is 1. The van der Waals surface area contributed by atoms with Gasteiger partial charge in [-0.25, -0.2) is 0 Å². The van der Waals surface area contributed by atoms with Gasteiger partial charge in [-0.05, 0) is 25.5 Å². The Kier molecular flexibility index (Phi) is 2.86. The number of fused-ring (bicyclic) bond motifs is 1. The van der Waals surface area contributed by atoms with Crippen LogP contribution in [-0.4, -0.2) is 30.4 Å². The van der Waals surface area contributed by atoms with Crippen molar-refractivity contribution in [1.82, 2.24) is 4.90 Å². The van der Waals surface area contributed by atoms with Gasteiger partial charge in [-0.15, -0.1) is 0 Å². The standard InChI is InChI=1S/C13H18N2O/c1-4-10-8-15(3)13(16)11-7-9(2)5-6-12(11)14-10/h5-7,10,14H,4,8H2,1-3H3. The molecule has 0 radical (unpaired) electrons. The normalized spacial score (nSPS) is 20.1. The lowest BCUT2D eigenvalue weighted by Crippen LogP contribution is -2.34. The van der Waals surface area contributed by atoms with Crippen LogP contribution in [0, 0.1) is 6.92 Å². The van der Waals surface area contributed by atoms with E-state index < -0.39 is 0 Å². The van der Waals surface area contributed by atoms with E-state index in [1.165, 1.54) is 0 Å². The summed E-state index contributed by atoms with van der Waals surface area (Å²) in [5, 5.41) is 3.43. The number of benzene rings is 1. The number of hydrogen-bond donors (Lipinski definition) is 1. The molecule has 1 atom stereocenters. The van der Waals surface area contributed by atoms with Crippen molar-refractivity contribution in [2.45, 2.75) is 26.3 Å². The van der Waals surface area contributed by atoms with Crippen molar-refractivity contribution < 1.29 is 4.79 Å². The molecule has 16 heavy (non-hydrogen) atoms. The molecule has 3 nitrogen and oxygen atoms in total. The third-order valence-corrected chi connectivity index (χ3v) is 3.10. The van der Waals surface area contributed by atoms with Crippen molar-refractivity contribution in [2.75, 3.05) is 18.9 Å². The quantitative estimate of drug-likeness (QED) is 0.784. The Labute approximate surface area is 96.5 Å². The van der Waals surface area contributed by atoms with E-state index in [9.17, 15) is 4.79 Å². The van der Waals surface area contributed by atoms with Gasteiger partial charge in [0.2, 0.25) is 0 Å². The molecule has 3 heteroatoms. The molecule has 0 aliphatic carbocycles. The average Bonchev–Trinajstić information content (AvgIpc) is 2.39. The SMILES string of the molecule is CCC1CN(C)C(=O)c2cc(C)ccc2N1. The number of rotatable bonds is 1. The lowest BCUT2D eigenvalue weighted by atomic mass is 10.1. The summed E-state index contributed by atoms with van der Waals surface area (Å²) in [7, 11) is 1.87. The number of anilines is 1. The van der Waals surface area contributed by atoms with Crippen molar-refractivity contribution in [3.63, 3.8) is 0 Å². The van der Waals surface area contributed by atoms with E-state index in [1.54, 1.807) is 4.90 Å². The van der Waals surface area contributed by atoms with Gasteiger partial charge in [0.1, 0.15) is 0 Å². The van der Waals surface area contributed by atoms with E-state index in [-0.39, 0.29) is 5.91 Å². The monoisotopic (exact) mass is 218 g/mol. The third-order valence-electron chi connectivity index (χ3n) is 3.10. The predicted molar refractivity (Wildman–Crippen MR) is 65.8 cm³/mol. The molecule has 0 saturated heterocycles. The molecule has 1 aliphatic rings. The smallest absolute Gasteiger partial charge is 0.255 e. The number of nitrogens with one attached hydrogen (secondary N) is 1. The van der Waals surface area contributed by atoms with Crippen LogP contribution in [0.5, 0.6) is 0 Å². The molecular formula is C13H18N2O. The summed E-state index contributed by atoms with van der Waals surface area (Å²) in [5.74, 6) is 0.113. The molecule has 0 fully saturated rings. The Morgan fingerprint density at radius 2 is 2.25 bits per heavy atom. The Balaban J connectivity index is 2.45. The second kappa shape index (κ2) is 4.16. The van der Waals surface area contributed by atoms with Crippen LogP contribution in [0.3, 0.4) is 0 Å². The van der Waals surface area contributed by atoms with Crippen LogP contribution in [0.2, 0.25) is 0 Å². The molecule has 1 N–H and O–H groups in total.